The van der Waals surface area contributed by atoms with Crippen molar-refractivity contribution in [2.75, 3.05) is 7.11 Å². The van der Waals surface area contributed by atoms with E-state index in [1.165, 1.54) is 37.4 Å². The molecule has 7 heteroatoms. The molecule has 0 aliphatic heterocycles. The van der Waals surface area contributed by atoms with Crippen molar-refractivity contribution < 1.29 is 29.0 Å². The Balaban J connectivity index is 1.70. The average Bonchev–Trinajstić information content (AvgIpc) is 2.78. The third kappa shape index (κ3) is 4.82. The van der Waals surface area contributed by atoms with E-state index >= 15 is 0 Å². The van der Waals surface area contributed by atoms with E-state index in [2.05, 4.69) is 10.1 Å². The fraction of sp³-hybridized carbons (Fsp3) is 0.0870. The number of carboxylic acids is 1. The Hall–Kier alpha value is -4.13. The Bertz CT molecular complexity index is 1080. The first-order valence-corrected chi connectivity index (χ1v) is 9.04. The van der Waals surface area contributed by atoms with E-state index in [0.717, 1.165) is 5.56 Å². The molecule has 0 atom stereocenters. The predicted molar refractivity (Wildman–Crippen MR) is 109 cm³/mol. The van der Waals surface area contributed by atoms with Gasteiger partial charge in [-0.05, 0) is 47.0 Å². The summed E-state index contributed by atoms with van der Waals surface area (Å²) in [5.41, 5.74) is 2.53. The number of carbonyl (C=O) groups is 3. The molecule has 0 aromatic heterocycles. The SMILES string of the molecule is COC(=O)c1ccc(OC(=O)NCc2ccccc2-c2ccccc2C(=O)O)cc1. The van der Waals surface area contributed by atoms with Crippen LogP contribution in [-0.4, -0.2) is 30.2 Å². The molecule has 3 aromatic rings. The van der Waals surface area contributed by atoms with Crippen molar-refractivity contribution in [1.82, 2.24) is 5.32 Å². The number of hydrogen-bond acceptors (Lipinski definition) is 5. The number of benzene rings is 3. The lowest BCUT2D eigenvalue weighted by Gasteiger charge is -2.13. The molecule has 152 valence electrons. The van der Waals surface area contributed by atoms with Crippen molar-refractivity contribution in [3.63, 3.8) is 0 Å². The van der Waals surface area contributed by atoms with Crippen LogP contribution in [-0.2, 0) is 11.3 Å². The Morgan fingerprint density at radius 1 is 0.867 bits per heavy atom. The first kappa shape index (κ1) is 20.6. The van der Waals surface area contributed by atoms with Gasteiger partial charge >= 0.3 is 18.0 Å². The molecule has 0 bridgehead atoms. The molecule has 0 heterocycles. The minimum atomic E-state index is -1.02. The lowest BCUT2D eigenvalue weighted by Crippen LogP contribution is -2.26. The van der Waals surface area contributed by atoms with Crippen LogP contribution in [0.5, 0.6) is 5.75 Å². The van der Waals surface area contributed by atoms with Crippen molar-refractivity contribution in [3.8, 4) is 16.9 Å². The van der Waals surface area contributed by atoms with Crippen LogP contribution in [0.1, 0.15) is 26.3 Å². The molecular formula is C23H19NO6. The summed E-state index contributed by atoms with van der Waals surface area (Å²) in [6.07, 6.45) is -0.679. The highest BCUT2D eigenvalue weighted by atomic mass is 16.6. The molecule has 1 amide bonds. The molecule has 2 N–H and O–H groups in total. The average molecular weight is 405 g/mol. The van der Waals surface area contributed by atoms with Gasteiger partial charge in [-0.2, -0.15) is 0 Å². The van der Waals surface area contributed by atoms with E-state index in [-0.39, 0.29) is 17.9 Å². The van der Waals surface area contributed by atoms with E-state index in [1.54, 1.807) is 42.5 Å². The summed E-state index contributed by atoms with van der Waals surface area (Å²) in [5, 5.41) is 12.1. The summed E-state index contributed by atoms with van der Waals surface area (Å²) in [6, 6.07) is 19.9. The number of rotatable bonds is 6. The normalized spacial score (nSPS) is 10.2. The van der Waals surface area contributed by atoms with Gasteiger partial charge in [-0.3, -0.25) is 0 Å². The lowest BCUT2D eigenvalue weighted by molar-refractivity contribution is 0.0599. The molecule has 0 unspecified atom stereocenters. The van der Waals surface area contributed by atoms with Gasteiger partial charge in [-0.15, -0.1) is 0 Å². The van der Waals surface area contributed by atoms with Gasteiger partial charge in [0.2, 0.25) is 0 Å². The minimum absolute atomic E-state index is 0.142. The highest BCUT2D eigenvalue weighted by molar-refractivity contribution is 5.96. The van der Waals surface area contributed by atoms with Crippen LogP contribution in [0, 0.1) is 0 Å². The van der Waals surface area contributed by atoms with Gasteiger partial charge in [0.05, 0.1) is 18.2 Å². The number of methoxy groups -OCH3 is 1. The number of ether oxygens (including phenoxy) is 2. The van der Waals surface area contributed by atoms with E-state index in [1.807, 2.05) is 0 Å². The smallest absolute Gasteiger partial charge is 0.412 e. The standard InChI is InChI=1S/C23H19NO6/c1-29-22(27)15-10-12-17(13-11-15)30-23(28)24-14-16-6-2-3-7-18(16)19-8-4-5-9-20(19)21(25)26/h2-13H,14H2,1H3,(H,24,28)(H,25,26). The predicted octanol–water partition coefficient (Wildman–Crippen LogP) is 4.13. The molecule has 0 saturated heterocycles. The first-order valence-electron chi connectivity index (χ1n) is 9.04. The number of amides is 1. The van der Waals surface area contributed by atoms with Crippen LogP contribution in [0.15, 0.2) is 72.8 Å². The number of esters is 1. The molecule has 30 heavy (non-hydrogen) atoms. The summed E-state index contributed by atoms with van der Waals surface area (Å²) in [7, 11) is 1.28. The second kappa shape index (κ2) is 9.38. The molecule has 0 aliphatic rings. The summed E-state index contributed by atoms with van der Waals surface area (Å²) >= 11 is 0. The highest BCUT2D eigenvalue weighted by Gasteiger charge is 2.14. The van der Waals surface area contributed by atoms with Crippen LogP contribution in [0.4, 0.5) is 4.79 Å². The van der Waals surface area contributed by atoms with Gasteiger partial charge in [0.15, 0.2) is 0 Å². The van der Waals surface area contributed by atoms with Crippen molar-refractivity contribution in [1.29, 1.82) is 0 Å². The van der Waals surface area contributed by atoms with Gasteiger partial charge in [-0.1, -0.05) is 42.5 Å². The topological polar surface area (TPSA) is 102 Å². The van der Waals surface area contributed by atoms with Gasteiger partial charge in [0.1, 0.15) is 5.75 Å². The number of carboxylic acid groups (broad SMARTS) is 1. The molecule has 0 spiro atoms. The molecule has 3 aromatic carbocycles. The second-order valence-corrected chi connectivity index (χ2v) is 6.27. The molecular weight excluding hydrogens is 386 g/mol. The summed E-state index contributed by atoms with van der Waals surface area (Å²) in [4.78, 5) is 35.1. The van der Waals surface area contributed by atoms with Gasteiger partial charge in [0, 0.05) is 6.54 Å². The number of carbonyl (C=O) groups excluding carboxylic acids is 2. The Morgan fingerprint density at radius 2 is 1.50 bits per heavy atom. The maximum Gasteiger partial charge on any atom is 0.412 e. The summed E-state index contributed by atoms with van der Waals surface area (Å²) in [6.45, 7) is 0.142. The van der Waals surface area contributed by atoms with Crippen molar-refractivity contribution in [2.45, 2.75) is 6.54 Å². The monoisotopic (exact) mass is 405 g/mol. The second-order valence-electron chi connectivity index (χ2n) is 6.27. The fourth-order valence-corrected chi connectivity index (χ4v) is 2.93. The van der Waals surface area contributed by atoms with Crippen LogP contribution >= 0.6 is 0 Å². The summed E-state index contributed by atoms with van der Waals surface area (Å²) < 4.78 is 9.84. The van der Waals surface area contributed by atoms with Gasteiger partial charge in [-0.25, -0.2) is 14.4 Å². The van der Waals surface area contributed by atoms with Crippen molar-refractivity contribution in [3.05, 3.63) is 89.5 Å². The van der Waals surface area contributed by atoms with Crippen molar-refractivity contribution in [2.24, 2.45) is 0 Å². The number of aromatic carboxylic acids is 1. The molecule has 0 saturated carbocycles. The Labute approximate surface area is 172 Å². The Kier molecular flexibility index (Phi) is 6.44. The summed E-state index contributed by atoms with van der Waals surface area (Å²) in [5.74, 6) is -1.24. The van der Waals surface area contributed by atoms with Crippen molar-refractivity contribution >= 4 is 18.0 Å². The van der Waals surface area contributed by atoms with Crippen LogP contribution in [0.3, 0.4) is 0 Å². The molecule has 0 radical (unpaired) electrons. The maximum atomic E-state index is 12.2. The molecule has 0 aliphatic carbocycles. The third-order valence-electron chi connectivity index (χ3n) is 4.37. The van der Waals surface area contributed by atoms with E-state index in [9.17, 15) is 19.5 Å². The zero-order valence-electron chi connectivity index (χ0n) is 16.1. The highest BCUT2D eigenvalue weighted by Crippen LogP contribution is 2.27. The number of hydrogen-bond donors (Lipinski definition) is 2. The maximum absolute atomic E-state index is 12.2. The zero-order chi connectivity index (χ0) is 21.5. The molecule has 3 rings (SSSR count). The van der Waals surface area contributed by atoms with Crippen LogP contribution in [0.25, 0.3) is 11.1 Å². The quantitative estimate of drug-likeness (QED) is 0.598. The first-order chi connectivity index (χ1) is 14.5. The van der Waals surface area contributed by atoms with Crippen LogP contribution < -0.4 is 10.1 Å². The molecule has 0 fully saturated rings. The van der Waals surface area contributed by atoms with Crippen LogP contribution in [0.2, 0.25) is 0 Å². The van der Waals surface area contributed by atoms with E-state index < -0.39 is 18.0 Å². The Morgan fingerprint density at radius 3 is 2.17 bits per heavy atom. The van der Waals surface area contributed by atoms with Gasteiger partial charge in [0.25, 0.3) is 0 Å². The third-order valence-corrected chi connectivity index (χ3v) is 4.37. The number of nitrogens with one attached hydrogen (secondary N) is 1. The minimum Gasteiger partial charge on any atom is -0.478 e. The lowest BCUT2D eigenvalue weighted by atomic mass is 9.95. The van der Waals surface area contributed by atoms with E-state index in [0.29, 0.717) is 16.7 Å². The van der Waals surface area contributed by atoms with E-state index in [4.69, 9.17) is 4.74 Å². The van der Waals surface area contributed by atoms with Gasteiger partial charge < -0.3 is 19.9 Å². The fourth-order valence-electron chi connectivity index (χ4n) is 2.93. The largest absolute Gasteiger partial charge is 0.478 e. The zero-order valence-corrected chi connectivity index (χ0v) is 16.1. The molecule has 7 nitrogen and oxygen atoms in total.